The van der Waals surface area contributed by atoms with Gasteiger partial charge in [-0.2, -0.15) is 0 Å². The van der Waals surface area contributed by atoms with Crippen molar-refractivity contribution in [2.75, 3.05) is 0 Å². The molecule has 1 unspecified atom stereocenters. The second kappa shape index (κ2) is 2.07. The first-order valence-electron chi connectivity index (χ1n) is 2.82. The maximum absolute atomic E-state index is 10.6. The summed E-state index contributed by atoms with van der Waals surface area (Å²) < 4.78 is 0. The molecule has 0 aromatic heterocycles. The summed E-state index contributed by atoms with van der Waals surface area (Å²) in [6.07, 6.45) is 3.06. The SMILES string of the molecule is O=CC1CCCC1=O. The average Bonchev–Trinajstić information content (AvgIpc) is 2.14. The molecule has 1 aliphatic rings. The maximum Gasteiger partial charge on any atom is 0.143 e. The van der Waals surface area contributed by atoms with Crippen molar-refractivity contribution in [1.29, 1.82) is 0 Å². The molecular formula is C6H8O2. The predicted octanol–water partition coefficient (Wildman–Crippen LogP) is 0.554. The molecule has 0 aliphatic heterocycles. The Bertz CT molecular complexity index is 118. The molecule has 0 aromatic rings. The van der Waals surface area contributed by atoms with Crippen LogP contribution in [0.4, 0.5) is 0 Å². The summed E-state index contributed by atoms with van der Waals surface area (Å²) in [5.74, 6) is -0.130. The largest absolute Gasteiger partial charge is 0.303 e. The Balaban J connectivity index is 2.54. The number of ketones is 1. The fourth-order valence-corrected chi connectivity index (χ4v) is 0.987. The van der Waals surface area contributed by atoms with Crippen LogP contribution in [0.1, 0.15) is 19.3 Å². The fourth-order valence-electron chi connectivity index (χ4n) is 0.987. The van der Waals surface area contributed by atoms with E-state index in [0.29, 0.717) is 6.42 Å². The van der Waals surface area contributed by atoms with Gasteiger partial charge < -0.3 is 4.79 Å². The Labute approximate surface area is 47.9 Å². The second-order valence-corrected chi connectivity index (χ2v) is 2.10. The molecule has 1 aliphatic carbocycles. The minimum Gasteiger partial charge on any atom is -0.303 e. The Kier molecular flexibility index (Phi) is 1.42. The third-order valence-corrected chi connectivity index (χ3v) is 1.52. The van der Waals surface area contributed by atoms with Gasteiger partial charge in [-0.1, -0.05) is 0 Å². The zero-order chi connectivity index (χ0) is 5.98. The van der Waals surface area contributed by atoms with Crippen molar-refractivity contribution < 1.29 is 9.59 Å². The smallest absolute Gasteiger partial charge is 0.143 e. The lowest BCUT2D eigenvalue weighted by molar-refractivity contribution is -0.125. The van der Waals surface area contributed by atoms with Crippen LogP contribution >= 0.6 is 0 Å². The van der Waals surface area contributed by atoms with Gasteiger partial charge in [0.2, 0.25) is 0 Å². The van der Waals surface area contributed by atoms with Crippen LogP contribution in [0.15, 0.2) is 0 Å². The van der Waals surface area contributed by atoms with E-state index in [9.17, 15) is 9.59 Å². The molecule has 8 heavy (non-hydrogen) atoms. The maximum atomic E-state index is 10.6. The Hall–Kier alpha value is -0.660. The highest BCUT2D eigenvalue weighted by molar-refractivity contribution is 5.94. The molecule has 0 aromatic carbocycles. The van der Waals surface area contributed by atoms with E-state index >= 15 is 0 Å². The highest BCUT2D eigenvalue weighted by Crippen LogP contribution is 2.18. The summed E-state index contributed by atoms with van der Waals surface area (Å²) in [5, 5.41) is 0. The van der Waals surface area contributed by atoms with Crippen molar-refractivity contribution in [3.05, 3.63) is 0 Å². The van der Waals surface area contributed by atoms with Crippen molar-refractivity contribution in [2.45, 2.75) is 19.3 Å². The molecule has 2 heteroatoms. The highest BCUT2D eigenvalue weighted by atomic mass is 16.1. The lowest BCUT2D eigenvalue weighted by atomic mass is 10.1. The third kappa shape index (κ3) is 0.782. The summed E-state index contributed by atoms with van der Waals surface area (Å²) in [6.45, 7) is 0. The Morgan fingerprint density at radius 1 is 1.62 bits per heavy atom. The molecular weight excluding hydrogens is 104 g/mol. The molecule has 0 radical (unpaired) electrons. The summed E-state index contributed by atoms with van der Waals surface area (Å²) in [4.78, 5) is 20.6. The van der Waals surface area contributed by atoms with Crippen LogP contribution in [0, 0.1) is 5.92 Å². The van der Waals surface area contributed by atoms with E-state index in [-0.39, 0.29) is 11.7 Å². The van der Waals surface area contributed by atoms with Crippen molar-refractivity contribution in [1.82, 2.24) is 0 Å². The molecule has 0 bridgehead atoms. The van der Waals surface area contributed by atoms with Gasteiger partial charge in [-0.05, 0) is 12.8 Å². The standard InChI is InChI=1S/C6H8O2/c7-4-5-2-1-3-6(5)8/h4-5H,1-3H2. The topological polar surface area (TPSA) is 34.1 Å². The van der Waals surface area contributed by atoms with Gasteiger partial charge in [-0.3, -0.25) is 4.79 Å². The van der Waals surface area contributed by atoms with Crippen molar-refractivity contribution in [3.8, 4) is 0 Å². The minimum absolute atomic E-state index is 0.125. The quantitative estimate of drug-likeness (QED) is 0.367. The van der Waals surface area contributed by atoms with Gasteiger partial charge in [0.15, 0.2) is 0 Å². The molecule has 0 heterocycles. The van der Waals surface area contributed by atoms with E-state index in [1.54, 1.807) is 0 Å². The normalized spacial score (nSPS) is 28.5. The van der Waals surface area contributed by atoms with E-state index in [1.807, 2.05) is 0 Å². The first-order valence-corrected chi connectivity index (χ1v) is 2.82. The van der Waals surface area contributed by atoms with Crippen LogP contribution in [0.5, 0.6) is 0 Å². The molecule has 1 atom stereocenters. The van der Waals surface area contributed by atoms with Gasteiger partial charge in [-0.25, -0.2) is 0 Å². The number of rotatable bonds is 1. The van der Waals surface area contributed by atoms with Gasteiger partial charge in [0.1, 0.15) is 12.1 Å². The third-order valence-electron chi connectivity index (χ3n) is 1.52. The Morgan fingerprint density at radius 2 is 2.38 bits per heavy atom. The number of Topliss-reactive ketones (excluding diaryl/α,β-unsaturated/α-hetero) is 1. The molecule has 44 valence electrons. The van der Waals surface area contributed by atoms with Crippen LogP contribution in [-0.2, 0) is 9.59 Å². The highest BCUT2D eigenvalue weighted by Gasteiger charge is 2.22. The van der Waals surface area contributed by atoms with Crippen molar-refractivity contribution >= 4 is 12.1 Å². The zero-order valence-electron chi connectivity index (χ0n) is 4.59. The van der Waals surface area contributed by atoms with E-state index in [0.717, 1.165) is 19.1 Å². The second-order valence-electron chi connectivity index (χ2n) is 2.10. The molecule has 0 saturated heterocycles. The molecule has 2 nitrogen and oxygen atoms in total. The summed E-state index contributed by atoms with van der Waals surface area (Å²) in [7, 11) is 0. The van der Waals surface area contributed by atoms with Crippen LogP contribution in [0.3, 0.4) is 0 Å². The monoisotopic (exact) mass is 112 g/mol. The molecule has 0 amide bonds. The van der Waals surface area contributed by atoms with E-state index in [1.165, 1.54) is 0 Å². The number of carbonyl (C=O) groups is 2. The first kappa shape index (κ1) is 5.48. The molecule has 1 rings (SSSR count). The summed E-state index contributed by atoms with van der Waals surface area (Å²) in [6, 6.07) is 0. The predicted molar refractivity (Wildman–Crippen MR) is 28.4 cm³/mol. The number of hydrogen-bond donors (Lipinski definition) is 0. The summed E-state index contributed by atoms with van der Waals surface area (Å²) >= 11 is 0. The van der Waals surface area contributed by atoms with Gasteiger partial charge in [0.25, 0.3) is 0 Å². The van der Waals surface area contributed by atoms with E-state index < -0.39 is 0 Å². The Morgan fingerprint density at radius 3 is 2.62 bits per heavy atom. The van der Waals surface area contributed by atoms with E-state index in [2.05, 4.69) is 0 Å². The van der Waals surface area contributed by atoms with Crippen molar-refractivity contribution in [2.24, 2.45) is 5.92 Å². The minimum atomic E-state index is -0.255. The zero-order valence-corrected chi connectivity index (χ0v) is 4.59. The average molecular weight is 112 g/mol. The van der Waals surface area contributed by atoms with Crippen LogP contribution in [0.25, 0.3) is 0 Å². The van der Waals surface area contributed by atoms with Crippen LogP contribution in [-0.4, -0.2) is 12.1 Å². The van der Waals surface area contributed by atoms with Gasteiger partial charge in [0, 0.05) is 6.42 Å². The molecule has 1 fully saturated rings. The van der Waals surface area contributed by atoms with Crippen molar-refractivity contribution in [3.63, 3.8) is 0 Å². The lowest BCUT2D eigenvalue weighted by Crippen LogP contribution is -2.06. The lowest BCUT2D eigenvalue weighted by Gasteiger charge is -1.90. The van der Waals surface area contributed by atoms with Gasteiger partial charge in [0.05, 0.1) is 5.92 Å². The molecule has 0 spiro atoms. The van der Waals surface area contributed by atoms with Crippen LogP contribution in [0.2, 0.25) is 0 Å². The molecule has 0 N–H and O–H groups in total. The van der Waals surface area contributed by atoms with Gasteiger partial charge in [-0.15, -0.1) is 0 Å². The van der Waals surface area contributed by atoms with Gasteiger partial charge >= 0.3 is 0 Å². The number of aldehydes is 1. The summed E-state index contributed by atoms with van der Waals surface area (Å²) in [5.41, 5.74) is 0. The molecule has 1 saturated carbocycles. The van der Waals surface area contributed by atoms with Crippen LogP contribution < -0.4 is 0 Å². The number of hydrogen-bond acceptors (Lipinski definition) is 2. The van der Waals surface area contributed by atoms with E-state index in [4.69, 9.17) is 0 Å². The number of carbonyl (C=O) groups excluding carboxylic acids is 2. The fraction of sp³-hybridized carbons (Fsp3) is 0.667. The first-order chi connectivity index (χ1) is 3.84.